The van der Waals surface area contributed by atoms with Crippen molar-refractivity contribution in [1.29, 1.82) is 0 Å². The maximum Gasteiger partial charge on any atom is 0.0691 e. The molecule has 0 atom stereocenters. The van der Waals surface area contributed by atoms with E-state index in [1.54, 1.807) is 0 Å². The van der Waals surface area contributed by atoms with Crippen molar-refractivity contribution in [1.82, 2.24) is 9.55 Å². The molecule has 0 fully saturated rings. The Kier molecular flexibility index (Phi) is 2.46. The predicted molar refractivity (Wildman–Crippen MR) is 83.1 cm³/mol. The second kappa shape index (κ2) is 4.42. The summed E-state index contributed by atoms with van der Waals surface area (Å²) in [7, 11) is 0. The van der Waals surface area contributed by atoms with Gasteiger partial charge < -0.3 is 9.55 Å². The molecule has 0 aliphatic rings. The van der Waals surface area contributed by atoms with Crippen LogP contribution in [0.1, 0.15) is 0 Å². The molecule has 0 saturated heterocycles. The van der Waals surface area contributed by atoms with E-state index >= 15 is 0 Å². The smallest absolute Gasteiger partial charge is 0.0691 e. The second-order valence-corrected chi connectivity index (χ2v) is 4.87. The Labute approximate surface area is 117 Å². The molecule has 2 aromatic heterocycles. The van der Waals surface area contributed by atoms with Crippen LogP contribution in [0, 0.1) is 0 Å². The molecule has 0 aliphatic heterocycles. The Morgan fingerprint density at radius 1 is 0.750 bits per heavy atom. The summed E-state index contributed by atoms with van der Waals surface area (Å²) in [4.78, 5) is 3.49. The molecule has 0 radical (unpaired) electrons. The van der Waals surface area contributed by atoms with Crippen molar-refractivity contribution in [2.24, 2.45) is 0 Å². The Morgan fingerprint density at radius 3 is 2.40 bits per heavy atom. The fourth-order valence-electron chi connectivity index (χ4n) is 2.63. The summed E-state index contributed by atoms with van der Waals surface area (Å²) in [6, 6.07) is 25.2. The SMILES string of the molecule is c1ccc(-n2cccc2-c2cc3ccccc3[nH]2)cc1. The lowest BCUT2D eigenvalue weighted by Gasteiger charge is -2.07. The first-order valence-corrected chi connectivity index (χ1v) is 6.73. The predicted octanol–water partition coefficient (Wildman–Crippen LogP) is 4.63. The van der Waals surface area contributed by atoms with Gasteiger partial charge in [0.05, 0.1) is 11.4 Å². The molecule has 0 amide bonds. The molecule has 0 aliphatic carbocycles. The number of hydrogen-bond acceptors (Lipinski definition) is 0. The fraction of sp³-hybridized carbons (Fsp3) is 0. The molecule has 0 unspecified atom stereocenters. The summed E-state index contributed by atoms with van der Waals surface area (Å²) in [5, 5.41) is 1.24. The average molecular weight is 258 g/mol. The molecule has 96 valence electrons. The third-order valence-corrected chi connectivity index (χ3v) is 3.59. The van der Waals surface area contributed by atoms with E-state index < -0.39 is 0 Å². The second-order valence-electron chi connectivity index (χ2n) is 4.87. The quantitative estimate of drug-likeness (QED) is 0.541. The topological polar surface area (TPSA) is 20.7 Å². The number of hydrogen-bond donors (Lipinski definition) is 1. The third-order valence-electron chi connectivity index (χ3n) is 3.59. The van der Waals surface area contributed by atoms with Gasteiger partial charge in [-0.3, -0.25) is 0 Å². The van der Waals surface area contributed by atoms with Crippen LogP contribution < -0.4 is 0 Å². The van der Waals surface area contributed by atoms with Gasteiger partial charge in [0.15, 0.2) is 0 Å². The number of nitrogens with zero attached hydrogens (tertiary/aromatic N) is 1. The minimum atomic E-state index is 1.14. The van der Waals surface area contributed by atoms with Gasteiger partial charge in [-0.05, 0) is 36.4 Å². The van der Waals surface area contributed by atoms with Crippen LogP contribution in [0.25, 0.3) is 28.0 Å². The van der Waals surface area contributed by atoms with E-state index in [9.17, 15) is 0 Å². The zero-order chi connectivity index (χ0) is 13.4. The lowest BCUT2D eigenvalue weighted by atomic mass is 10.2. The van der Waals surface area contributed by atoms with Crippen molar-refractivity contribution in [3.63, 3.8) is 0 Å². The van der Waals surface area contributed by atoms with Crippen molar-refractivity contribution in [2.45, 2.75) is 0 Å². The molecule has 4 aromatic rings. The van der Waals surface area contributed by atoms with Crippen LogP contribution in [-0.4, -0.2) is 9.55 Å². The number of aromatic nitrogens is 2. The molecule has 20 heavy (non-hydrogen) atoms. The van der Waals surface area contributed by atoms with Crippen molar-refractivity contribution < 1.29 is 0 Å². The highest BCUT2D eigenvalue weighted by Crippen LogP contribution is 2.26. The van der Waals surface area contributed by atoms with Gasteiger partial charge in [0.25, 0.3) is 0 Å². The van der Waals surface area contributed by atoms with Crippen LogP contribution in [0.15, 0.2) is 79.0 Å². The maximum absolute atomic E-state index is 3.49. The summed E-state index contributed by atoms with van der Waals surface area (Å²) in [5.41, 5.74) is 4.65. The van der Waals surface area contributed by atoms with Crippen LogP contribution in [0.4, 0.5) is 0 Å². The zero-order valence-electron chi connectivity index (χ0n) is 11.0. The summed E-state index contributed by atoms with van der Waals surface area (Å²) < 4.78 is 2.20. The van der Waals surface area contributed by atoms with Gasteiger partial charge in [0.1, 0.15) is 0 Å². The first kappa shape index (κ1) is 11.1. The first-order chi connectivity index (χ1) is 9.92. The number of nitrogens with one attached hydrogen (secondary N) is 1. The minimum absolute atomic E-state index is 1.14. The molecule has 0 bridgehead atoms. The van der Waals surface area contributed by atoms with Gasteiger partial charge in [0, 0.05) is 22.8 Å². The van der Waals surface area contributed by atoms with E-state index in [0.717, 1.165) is 5.69 Å². The van der Waals surface area contributed by atoms with E-state index in [1.165, 1.54) is 22.3 Å². The molecule has 2 heterocycles. The van der Waals surface area contributed by atoms with Crippen molar-refractivity contribution >= 4 is 10.9 Å². The Bertz CT molecular complexity index is 820. The summed E-state index contributed by atoms with van der Waals surface area (Å²) in [6.45, 7) is 0. The van der Waals surface area contributed by atoms with Gasteiger partial charge in [-0.25, -0.2) is 0 Å². The summed E-state index contributed by atoms with van der Waals surface area (Å²) in [5.74, 6) is 0. The van der Waals surface area contributed by atoms with Crippen LogP contribution in [-0.2, 0) is 0 Å². The van der Waals surface area contributed by atoms with Crippen LogP contribution >= 0.6 is 0 Å². The number of H-pyrrole nitrogens is 1. The molecule has 2 aromatic carbocycles. The molecule has 0 spiro atoms. The van der Waals surface area contributed by atoms with Gasteiger partial charge in [-0.1, -0.05) is 36.4 Å². The Morgan fingerprint density at radius 2 is 1.55 bits per heavy atom. The molecule has 2 nitrogen and oxygen atoms in total. The average Bonchev–Trinajstić information content (AvgIpc) is 3.14. The number of benzene rings is 2. The van der Waals surface area contributed by atoms with E-state index in [2.05, 4.69) is 82.5 Å². The Hall–Kier alpha value is -2.74. The lowest BCUT2D eigenvalue weighted by molar-refractivity contribution is 1.08. The van der Waals surface area contributed by atoms with Gasteiger partial charge in [-0.15, -0.1) is 0 Å². The summed E-state index contributed by atoms with van der Waals surface area (Å²) in [6.07, 6.45) is 2.09. The first-order valence-electron chi connectivity index (χ1n) is 6.73. The highest BCUT2D eigenvalue weighted by molar-refractivity contribution is 5.85. The molecule has 1 N–H and O–H groups in total. The van der Waals surface area contributed by atoms with E-state index in [0.29, 0.717) is 0 Å². The van der Waals surface area contributed by atoms with Gasteiger partial charge >= 0.3 is 0 Å². The lowest BCUT2D eigenvalue weighted by Crippen LogP contribution is -1.94. The molecular weight excluding hydrogens is 244 g/mol. The fourth-order valence-corrected chi connectivity index (χ4v) is 2.63. The van der Waals surface area contributed by atoms with Gasteiger partial charge in [0.2, 0.25) is 0 Å². The monoisotopic (exact) mass is 258 g/mol. The maximum atomic E-state index is 3.49. The van der Waals surface area contributed by atoms with E-state index in [-0.39, 0.29) is 0 Å². The zero-order valence-corrected chi connectivity index (χ0v) is 11.0. The summed E-state index contributed by atoms with van der Waals surface area (Å²) >= 11 is 0. The number of aromatic amines is 1. The standard InChI is InChI=1S/C18H14N2/c1-2-8-15(9-3-1)20-12-6-11-18(20)17-13-14-7-4-5-10-16(14)19-17/h1-13,19H. The van der Waals surface area contributed by atoms with E-state index in [1.807, 2.05) is 6.07 Å². The van der Waals surface area contributed by atoms with Crippen molar-refractivity contribution in [2.75, 3.05) is 0 Å². The van der Waals surface area contributed by atoms with Crippen molar-refractivity contribution in [3.8, 4) is 17.1 Å². The highest BCUT2D eigenvalue weighted by atomic mass is 15.0. The normalized spacial score (nSPS) is 11.0. The van der Waals surface area contributed by atoms with E-state index in [4.69, 9.17) is 0 Å². The molecule has 4 rings (SSSR count). The number of fused-ring (bicyclic) bond motifs is 1. The molecule has 2 heteroatoms. The highest BCUT2D eigenvalue weighted by Gasteiger charge is 2.08. The minimum Gasteiger partial charge on any atom is -0.353 e. The van der Waals surface area contributed by atoms with Crippen LogP contribution in [0.2, 0.25) is 0 Å². The number of para-hydroxylation sites is 2. The largest absolute Gasteiger partial charge is 0.353 e. The Balaban J connectivity index is 1.89. The molecular formula is C18H14N2. The molecule has 0 saturated carbocycles. The van der Waals surface area contributed by atoms with Gasteiger partial charge in [-0.2, -0.15) is 0 Å². The van der Waals surface area contributed by atoms with Crippen molar-refractivity contribution in [3.05, 3.63) is 79.0 Å². The van der Waals surface area contributed by atoms with Crippen LogP contribution in [0.5, 0.6) is 0 Å². The third kappa shape index (κ3) is 1.74. The van der Waals surface area contributed by atoms with Crippen LogP contribution in [0.3, 0.4) is 0 Å². The number of rotatable bonds is 2.